The molecule has 7 nitrogen and oxygen atoms in total. The van der Waals surface area contributed by atoms with Crippen LogP contribution in [0.5, 0.6) is 0 Å². The molecule has 2 aromatic carbocycles. The maximum atomic E-state index is 13.0. The largest absolute Gasteiger partial charge is 0.383 e. The fourth-order valence-electron chi connectivity index (χ4n) is 2.44. The average molecular weight is 423 g/mol. The summed E-state index contributed by atoms with van der Waals surface area (Å²) < 4.78 is 44.7. The molecule has 0 atom stereocenters. The number of nitrogens with zero attached hydrogens (tertiary/aromatic N) is 1. The number of hydrogen-bond donors (Lipinski definition) is 3. The van der Waals surface area contributed by atoms with E-state index in [1.54, 1.807) is 36.4 Å². The molecule has 158 valence electrons. The van der Waals surface area contributed by atoms with Gasteiger partial charge >= 0.3 is 0 Å². The topological polar surface area (TPSA) is 91.8 Å². The Bertz CT molecular complexity index is 885. The molecule has 2 rings (SSSR count). The summed E-state index contributed by atoms with van der Waals surface area (Å²) in [6, 6.07) is 12.8. The van der Waals surface area contributed by atoms with E-state index in [1.165, 1.54) is 19.2 Å². The lowest BCUT2D eigenvalue weighted by atomic mass is 10.2. The van der Waals surface area contributed by atoms with Crippen molar-refractivity contribution in [3.8, 4) is 0 Å². The predicted octanol–water partition coefficient (Wildman–Crippen LogP) is 2.01. The third kappa shape index (κ3) is 7.80. The Hall–Kier alpha value is -2.49. The maximum absolute atomic E-state index is 13.0. The molecule has 0 fully saturated rings. The Labute approximate surface area is 171 Å². The summed E-state index contributed by atoms with van der Waals surface area (Å²) in [6.45, 7) is 4.08. The molecule has 0 saturated heterocycles. The van der Waals surface area contributed by atoms with Gasteiger partial charge in [0.1, 0.15) is 5.82 Å². The lowest BCUT2D eigenvalue weighted by Gasteiger charge is -2.11. The minimum atomic E-state index is -3.55. The number of aliphatic imine (C=N–C) groups is 1. The normalized spacial score (nSPS) is 12.0. The monoisotopic (exact) mass is 422 g/mol. The van der Waals surface area contributed by atoms with Gasteiger partial charge in [-0.1, -0.05) is 24.3 Å². The van der Waals surface area contributed by atoms with Crippen molar-refractivity contribution in [2.75, 3.05) is 26.8 Å². The standard InChI is InChI=1S/C20H27FN4O3S/c1-3-22-20(23-14-16-4-8-18(21)9-5-16)24-15-17-6-10-19(11-7-17)29(26,27)25-12-13-28-2/h4-11,25H,3,12-15H2,1-2H3,(H2,22,23,24). The van der Waals surface area contributed by atoms with Crippen molar-refractivity contribution < 1.29 is 17.5 Å². The minimum absolute atomic E-state index is 0.197. The van der Waals surface area contributed by atoms with Gasteiger partial charge in [-0.05, 0) is 42.3 Å². The number of sulfonamides is 1. The minimum Gasteiger partial charge on any atom is -0.383 e. The fraction of sp³-hybridized carbons (Fsp3) is 0.350. The molecule has 0 saturated carbocycles. The maximum Gasteiger partial charge on any atom is 0.240 e. The Morgan fingerprint density at radius 2 is 1.69 bits per heavy atom. The van der Waals surface area contributed by atoms with Crippen LogP contribution in [-0.4, -0.2) is 41.2 Å². The van der Waals surface area contributed by atoms with E-state index in [4.69, 9.17) is 4.74 Å². The van der Waals surface area contributed by atoms with Crippen molar-refractivity contribution >= 4 is 16.0 Å². The first-order valence-electron chi connectivity index (χ1n) is 9.28. The van der Waals surface area contributed by atoms with E-state index in [-0.39, 0.29) is 17.3 Å². The zero-order valence-electron chi connectivity index (χ0n) is 16.6. The van der Waals surface area contributed by atoms with Gasteiger partial charge in [0.2, 0.25) is 10.0 Å². The van der Waals surface area contributed by atoms with Gasteiger partial charge in [-0.25, -0.2) is 22.5 Å². The zero-order chi connectivity index (χ0) is 21.1. The van der Waals surface area contributed by atoms with E-state index >= 15 is 0 Å². The van der Waals surface area contributed by atoms with Crippen molar-refractivity contribution in [2.24, 2.45) is 4.99 Å². The number of nitrogens with one attached hydrogen (secondary N) is 3. The van der Waals surface area contributed by atoms with Crippen molar-refractivity contribution in [2.45, 2.75) is 24.9 Å². The van der Waals surface area contributed by atoms with Gasteiger partial charge < -0.3 is 15.4 Å². The van der Waals surface area contributed by atoms with Gasteiger partial charge in [-0.3, -0.25) is 0 Å². The highest BCUT2D eigenvalue weighted by Crippen LogP contribution is 2.11. The van der Waals surface area contributed by atoms with E-state index in [1.807, 2.05) is 6.92 Å². The molecule has 0 amide bonds. The molecule has 0 aromatic heterocycles. The molecule has 0 aliphatic heterocycles. The molecule has 29 heavy (non-hydrogen) atoms. The highest BCUT2D eigenvalue weighted by Gasteiger charge is 2.12. The van der Waals surface area contributed by atoms with Crippen LogP contribution in [0.25, 0.3) is 0 Å². The molecule has 9 heteroatoms. The SMILES string of the molecule is CCNC(=NCc1ccc(S(=O)(=O)NCCOC)cc1)NCc1ccc(F)cc1. The molecular weight excluding hydrogens is 395 g/mol. The van der Waals surface area contributed by atoms with Crippen LogP contribution in [0.1, 0.15) is 18.1 Å². The summed E-state index contributed by atoms with van der Waals surface area (Å²) in [5, 5.41) is 6.34. The van der Waals surface area contributed by atoms with E-state index in [0.29, 0.717) is 32.2 Å². The first-order chi connectivity index (χ1) is 13.9. The van der Waals surface area contributed by atoms with Crippen LogP contribution < -0.4 is 15.4 Å². The fourth-order valence-corrected chi connectivity index (χ4v) is 3.45. The first kappa shape index (κ1) is 22.8. The number of rotatable bonds is 10. The number of halogens is 1. The molecule has 3 N–H and O–H groups in total. The Balaban J connectivity index is 1.96. The van der Waals surface area contributed by atoms with Gasteiger partial charge in [0.05, 0.1) is 18.0 Å². The Morgan fingerprint density at radius 3 is 2.31 bits per heavy atom. The van der Waals surface area contributed by atoms with Crippen molar-refractivity contribution in [1.82, 2.24) is 15.4 Å². The zero-order valence-corrected chi connectivity index (χ0v) is 17.4. The lowest BCUT2D eigenvalue weighted by molar-refractivity contribution is 0.204. The molecule has 0 unspecified atom stereocenters. The number of methoxy groups -OCH3 is 1. The van der Waals surface area contributed by atoms with Gasteiger partial charge in [0.15, 0.2) is 5.96 Å². The van der Waals surface area contributed by atoms with Crippen LogP contribution in [0.4, 0.5) is 4.39 Å². The predicted molar refractivity (Wildman–Crippen MR) is 112 cm³/mol. The van der Waals surface area contributed by atoms with Gasteiger partial charge in [-0.15, -0.1) is 0 Å². The van der Waals surface area contributed by atoms with Gasteiger partial charge in [0.25, 0.3) is 0 Å². The van der Waals surface area contributed by atoms with Crippen LogP contribution in [0.15, 0.2) is 58.4 Å². The van der Waals surface area contributed by atoms with Crippen LogP contribution in [-0.2, 0) is 27.8 Å². The third-order valence-electron chi connectivity index (χ3n) is 3.97. The summed E-state index contributed by atoms with van der Waals surface area (Å²) in [6.07, 6.45) is 0. The van der Waals surface area contributed by atoms with Gasteiger partial charge in [0, 0.05) is 26.7 Å². The number of hydrogen-bond acceptors (Lipinski definition) is 4. The van der Waals surface area contributed by atoms with E-state index < -0.39 is 10.0 Å². The van der Waals surface area contributed by atoms with Crippen molar-refractivity contribution in [1.29, 1.82) is 0 Å². The molecule has 0 spiro atoms. The second-order valence-corrected chi connectivity index (χ2v) is 7.98. The molecule has 0 heterocycles. The number of benzene rings is 2. The quantitative estimate of drug-likeness (QED) is 0.310. The van der Waals surface area contributed by atoms with Crippen LogP contribution in [0.2, 0.25) is 0 Å². The summed E-state index contributed by atoms with van der Waals surface area (Å²) >= 11 is 0. The van der Waals surface area contributed by atoms with Crippen LogP contribution >= 0.6 is 0 Å². The summed E-state index contributed by atoms with van der Waals surface area (Å²) in [5.41, 5.74) is 1.81. The van der Waals surface area contributed by atoms with Gasteiger partial charge in [-0.2, -0.15) is 0 Å². The Kier molecular flexibility index (Phi) is 9.04. The molecular formula is C20H27FN4O3S. The lowest BCUT2D eigenvalue weighted by Crippen LogP contribution is -2.36. The first-order valence-corrected chi connectivity index (χ1v) is 10.8. The molecule has 0 bridgehead atoms. The van der Waals surface area contributed by atoms with Crippen molar-refractivity contribution in [3.63, 3.8) is 0 Å². The number of guanidine groups is 1. The van der Waals surface area contributed by atoms with Crippen molar-refractivity contribution in [3.05, 3.63) is 65.5 Å². The molecule has 0 aliphatic rings. The second kappa shape index (κ2) is 11.5. The summed E-state index contributed by atoms with van der Waals surface area (Å²) in [4.78, 5) is 4.70. The molecule has 2 aromatic rings. The average Bonchev–Trinajstić information content (AvgIpc) is 2.72. The highest BCUT2D eigenvalue weighted by molar-refractivity contribution is 7.89. The second-order valence-electron chi connectivity index (χ2n) is 6.21. The summed E-state index contributed by atoms with van der Waals surface area (Å²) in [7, 11) is -2.04. The summed E-state index contributed by atoms with van der Waals surface area (Å²) in [5.74, 6) is 0.350. The van der Waals surface area contributed by atoms with E-state index in [0.717, 1.165) is 11.1 Å². The smallest absolute Gasteiger partial charge is 0.240 e. The van der Waals surface area contributed by atoms with E-state index in [9.17, 15) is 12.8 Å². The van der Waals surface area contributed by atoms with Crippen LogP contribution in [0.3, 0.4) is 0 Å². The van der Waals surface area contributed by atoms with Crippen LogP contribution in [0, 0.1) is 5.82 Å². The molecule has 0 radical (unpaired) electrons. The molecule has 0 aliphatic carbocycles. The highest BCUT2D eigenvalue weighted by atomic mass is 32.2. The Morgan fingerprint density at radius 1 is 1.03 bits per heavy atom. The van der Waals surface area contributed by atoms with E-state index in [2.05, 4.69) is 20.3 Å². The third-order valence-corrected chi connectivity index (χ3v) is 5.45. The number of ether oxygens (including phenoxy) is 1.